The van der Waals surface area contributed by atoms with Gasteiger partial charge in [0.1, 0.15) is 17.5 Å². The normalized spacial score (nSPS) is 16.1. The van der Waals surface area contributed by atoms with E-state index >= 15 is 0 Å². The van der Waals surface area contributed by atoms with Gasteiger partial charge in [-0.1, -0.05) is 0 Å². The molecule has 0 aliphatic carbocycles. The number of amides is 1. The molecule has 1 aromatic heterocycles. The number of nitriles is 1. The van der Waals surface area contributed by atoms with Crippen molar-refractivity contribution in [2.24, 2.45) is 0 Å². The Labute approximate surface area is 137 Å². The van der Waals surface area contributed by atoms with E-state index in [4.69, 9.17) is 9.47 Å². The van der Waals surface area contributed by atoms with Crippen molar-refractivity contribution in [3.8, 4) is 17.6 Å². The summed E-state index contributed by atoms with van der Waals surface area (Å²) >= 11 is 1.54. The number of methoxy groups -OCH3 is 2. The van der Waals surface area contributed by atoms with Crippen molar-refractivity contribution in [2.45, 2.75) is 12.5 Å². The van der Waals surface area contributed by atoms with Crippen LogP contribution in [0.2, 0.25) is 0 Å². The van der Waals surface area contributed by atoms with Crippen LogP contribution in [0.3, 0.4) is 0 Å². The minimum absolute atomic E-state index is 0.180. The number of thiazole rings is 1. The SMILES string of the molecule is COc1cc(OC)c2c(c1)C(=O)N(CCc1nccs1)C2C#N. The maximum Gasteiger partial charge on any atom is 0.255 e. The number of fused-ring (bicyclic) bond motifs is 1. The van der Waals surface area contributed by atoms with Gasteiger partial charge in [-0.05, 0) is 6.07 Å². The molecule has 6 nitrogen and oxygen atoms in total. The number of aromatic nitrogens is 1. The number of nitrogens with zero attached hydrogens (tertiary/aromatic N) is 3. The Hall–Kier alpha value is -2.59. The zero-order valence-electron chi connectivity index (χ0n) is 12.8. The van der Waals surface area contributed by atoms with Crippen molar-refractivity contribution in [2.75, 3.05) is 20.8 Å². The lowest BCUT2D eigenvalue weighted by atomic mass is 10.0. The third kappa shape index (κ3) is 2.62. The van der Waals surface area contributed by atoms with Gasteiger partial charge in [0.05, 0.1) is 30.9 Å². The number of benzene rings is 1. The minimum atomic E-state index is -0.654. The molecule has 1 amide bonds. The molecule has 0 spiro atoms. The molecule has 0 radical (unpaired) electrons. The molecule has 1 aliphatic heterocycles. The number of carbonyl (C=O) groups is 1. The summed E-state index contributed by atoms with van der Waals surface area (Å²) in [4.78, 5) is 18.5. The molecule has 2 heterocycles. The highest BCUT2D eigenvalue weighted by atomic mass is 32.1. The van der Waals surface area contributed by atoms with E-state index in [1.807, 2.05) is 5.38 Å². The van der Waals surface area contributed by atoms with E-state index in [9.17, 15) is 10.1 Å². The fourth-order valence-corrected chi connectivity index (χ4v) is 3.34. The lowest BCUT2D eigenvalue weighted by Gasteiger charge is -2.19. The van der Waals surface area contributed by atoms with Crippen molar-refractivity contribution >= 4 is 17.2 Å². The summed E-state index contributed by atoms with van der Waals surface area (Å²) in [5.41, 5.74) is 1.08. The number of hydrogen-bond acceptors (Lipinski definition) is 6. The quantitative estimate of drug-likeness (QED) is 0.842. The summed E-state index contributed by atoms with van der Waals surface area (Å²) in [6.45, 7) is 0.435. The van der Waals surface area contributed by atoms with Crippen LogP contribution in [0.4, 0.5) is 0 Å². The maximum atomic E-state index is 12.7. The molecule has 0 fully saturated rings. The maximum absolute atomic E-state index is 12.7. The van der Waals surface area contributed by atoms with E-state index < -0.39 is 6.04 Å². The van der Waals surface area contributed by atoms with Gasteiger partial charge in [0, 0.05) is 36.2 Å². The van der Waals surface area contributed by atoms with E-state index in [0.29, 0.717) is 35.6 Å². The molecule has 0 saturated carbocycles. The summed E-state index contributed by atoms with van der Waals surface area (Å²) in [5.74, 6) is 0.851. The van der Waals surface area contributed by atoms with Gasteiger partial charge in [-0.15, -0.1) is 11.3 Å². The van der Waals surface area contributed by atoms with Crippen molar-refractivity contribution in [1.29, 1.82) is 5.26 Å². The van der Waals surface area contributed by atoms with Gasteiger partial charge in [-0.2, -0.15) is 5.26 Å². The largest absolute Gasteiger partial charge is 0.497 e. The second-order valence-electron chi connectivity index (χ2n) is 5.00. The number of hydrogen-bond donors (Lipinski definition) is 0. The molecule has 7 heteroatoms. The summed E-state index contributed by atoms with van der Waals surface area (Å²) in [6.07, 6.45) is 2.35. The van der Waals surface area contributed by atoms with Gasteiger partial charge < -0.3 is 14.4 Å². The van der Waals surface area contributed by atoms with Crippen LogP contribution in [0.5, 0.6) is 11.5 Å². The molecule has 23 heavy (non-hydrogen) atoms. The average Bonchev–Trinajstić information content (AvgIpc) is 3.18. The third-order valence-electron chi connectivity index (χ3n) is 3.82. The molecule has 0 saturated heterocycles. The first-order valence-electron chi connectivity index (χ1n) is 7.04. The summed E-state index contributed by atoms with van der Waals surface area (Å²) in [6, 6.07) is 4.91. The van der Waals surface area contributed by atoms with Gasteiger partial charge in [0.15, 0.2) is 0 Å². The summed E-state index contributed by atoms with van der Waals surface area (Å²) < 4.78 is 10.6. The van der Waals surface area contributed by atoms with Gasteiger partial charge >= 0.3 is 0 Å². The standard InChI is InChI=1S/C16H15N3O3S/c1-21-10-7-11-15(13(8-10)22-2)12(9-17)19(16(11)20)5-3-14-18-4-6-23-14/h4,6-8,12H,3,5H2,1-2H3. The van der Waals surface area contributed by atoms with Crippen LogP contribution in [0, 0.1) is 11.3 Å². The monoisotopic (exact) mass is 329 g/mol. The summed E-state index contributed by atoms with van der Waals surface area (Å²) in [5, 5.41) is 12.4. The first-order chi connectivity index (χ1) is 11.2. The van der Waals surface area contributed by atoms with Gasteiger partial charge in [0.2, 0.25) is 0 Å². The third-order valence-corrected chi connectivity index (χ3v) is 4.66. The molecule has 1 atom stereocenters. The predicted molar refractivity (Wildman–Crippen MR) is 84.8 cm³/mol. The highest BCUT2D eigenvalue weighted by Crippen LogP contribution is 2.41. The second-order valence-corrected chi connectivity index (χ2v) is 5.98. The molecule has 1 unspecified atom stereocenters. The Morgan fingerprint density at radius 2 is 2.22 bits per heavy atom. The van der Waals surface area contributed by atoms with Crippen LogP contribution >= 0.6 is 11.3 Å². The lowest BCUT2D eigenvalue weighted by Crippen LogP contribution is -2.29. The van der Waals surface area contributed by atoms with E-state index in [2.05, 4.69) is 11.1 Å². The van der Waals surface area contributed by atoms with E-state index in [1.165, 1.54) is 25.6 Å². The Bertz CT molecular complexity index is 768. The van der Waals surface area contributed by atoms with Gasteiger partial charge in [-0.3, -0.25) is 4.79 Å². The van der Waals surface area contributed by atoms with Crippen molar-refractivity contribution in [1.82, 2.24) is 9.88 Å². The van der Waals surface area contributed by atoms with Crippen LogP contribution < -0.4 is 9.47 Å². The molecule has 1 aromatic carbocycles. The van der Waals surface area contributed by atoms with Crippen molar-refractivity contribution in [3.05, 3.63) is 39.8 Å². The Balaban J connectivity index is 1.95. The minimum Gasteiger partial charge on any atom is -0.497 e. The molecule has 1 aliphatic rings. The van der Waals surface area contributed by atoms with Crippen LogP contribution in [-0.4, -0.2) is 36.6 Å². The average molecular weight is 329 g/mol. The highest BCUT2D eigenvalue weighted by Gasteiger charge is 2.39. The highest BCUT2D eigenvalue weighted by molar-refractivity contribution is 7.09. The van der Waals surface area contributed by atoms with Crippen LogP contribution in [0.1, 0.15) is 27.0 Å². The molecule has 3 rings (SSSR count). The lowest BCUT2D eigenvalue weighted by molar-refractivity contribution is 0.0759. The van der Waals surface area contributed by atoms with E-state index in [0.717, 1.165) is 5.01 Å². The van der Waals surface area contributed by atoms with E-state index in [1.54, 1.807) is 23.2 Å². The summed E-state index contributed by atoms with van der Waals surface area (Å²) in [7, 11) is 3.05. The smallest absolute Gasteiger partial charge is 0.255 e. The molecule has 2 aromatic rings. The molecular formula is C16H15N3O3S. The van der Waals surface area contributed by atoms with Crippen LogP contribution in [-0.2, 0) is 6.42 Å². The zero-order valence-corrected chi connectivity index (χ0v) is 13.6. The van der Waals surface area contributed by atoms with Gasteiger partial charge in [0.25, 0.3) is 5.91 Å². The fraction of sp³-hybridized carbons (Fsp3) is 0.312. The molecule has 0 N–H and O–H groups in total. The Morgan fingerprint density at radius 3 is 2.83 bits per heavy atom. The van der Waals surface area contributed by atoms with Crippen LogP contribution in [0.15, 0.2) is 23.7 Å². The fourth-order valence-electron chi connectivity index (χ4n) is 2.73. The topological polar surface area (TPSA) is 75.5 Å². The molecular weight excluding hydrogens is 314 g/mol. The number of rotatable bonds is 5. The first kappa shape index (κ1) is 15.3. The first-order valence-corrected chi connectivity index (χ1v) is 7.92. The zero-order chi connectivity index (χ0) is 16.4. The van der Waals surface area contributed by atoms with Crippen molar-refractivity contribution in [3.63, 3.8) is 0 Å². The van der Waals surface area contributed by atoms with Gasteiger partial charge in [-0.25, -0.2) is 4.98 Å². The molecule has 0 bridgehead atoms. The van der Waals surface area contributed by atoms with E-state index in [-0.39, 0.29) is 5.91 Å². The molecule has 118 valence electrons. The number of ether oxygens (including phenoxy) is 2. The number of carbonyl (C=O) groups excluding carboxylic acids is 1. The van der Waals surface area contributed by atoms with Crippen molar-refractivity contribution < 1.29 is 14.3 Å². The second kappa shape index (κ2) is 6.26. The van der Waals surface area contributed by atoms with Crippen LogP contribution in [0.25, 0.3) is 0 Å². The Kier molecular flexibility index (Phi) is 4.17. The Morgan fingerprint density at radius 1 is 1.39 bits per heavy atom. The predicted octanol–water partition coefficient (Wildman–Crippen LogP) is 2.42.